The largest absolute Gasteiger partial charge is 0.398 e. The minimum absolute atomic E-state index is 0.0905. The van der Waals surface area contributed by atoms with Gasteiger partial charge in [-0.1, -0.05) is 34.1 Å². The number of nitrogens with zero attached hydrogens (tertiary/aromatic N) is 1. The molecule has 0 aromatic heterocycles. The second-order valence-electron chi connectivity index (χ2n) is 4.53. The maximum atomic E-state index is 13.2. The molecule has 0 fully saturated rings. The van der Waals surface area contributed by atoms with Gasteiger partial charge in [0, 0.05) is 0 Å². The van der Waals surface area contributed by atoms with Gasteiger partial charge in [0.2, 0.25) is 0 Å². The molecule has 0 radical (unpaired) electrons. The molecule has 6 heteroatoms. The van der Waals surface area contributed by atoms with Gasteiger partial charge in [0.05, 0.1) is 15.5 Å². The first kappa shape index (κ1) is 15.5. The Morgan fingerprint density at radius 3 is 2.33 bits per heavy atom. The van der Waals surface area contributed by atoms with Gasteiger partial charge < -0.3 is 0 Å². The number of benzene rings is 2. The summed E-state index contributed by atoms with van der Waals surface area (Å²) in [4.78, 5) is 3.52. The molecular formula is C15H12ClFNO2S+. The standard InChI is InChI=1S/C15H12ClFNO2S/c1-10-3-6-12(7-4-10)21(19,20)15(18-2)11-5-8-14(17)13(16)9-11/h2-9,15H,1H3/q+1. The molecule has 1 unspecified atom stereocenters. The quantitative estimate of drug-likeness (QED) is 0.847. The summed E-state index contributed by atoms with van der Waals surface area (Å²) in [5.74, 6) is -0.635. The summed E-state index contributed by atoms with van der Waals surface area (Å²) in [6.45, 7) is 7.10. The second kappa shape index (κ2) is 5.84. The molecule has 21 heavy (non-hydrogen) atoms. The van der Waals surface area contributed by atoms with Crippen LogP contribution in [0.1, 0.15) is 16.5 Å². The Morgan fingerprint density at radius 1 is 1.19 bits per heavy atom. The van der Waals surface area contributed by atoms with E-state index in [0.29, 0.717) is 0 Å². The van der Waals surface area contributed by atoms with Crippen molar-refractivity contribution in [2.24, 2.45) is 0 Å². The van der Waals surface area contributed by atoms with E-state index >= 15 is 0 Å². The van der Waals surface area contributed by atoms with E-state index in [-0.39, 0.29) is 15.5 Å². The van der Waals surface area contributed by atoms with Crippen molar-refractivity contribution < 1.29 is 12.8 Å². The number of sulfone groups is 1. The summed E-state index contributed by atoms with van der Waals surface area (Å²) in [6.07, 6.45) is 0. The average Bonchev–Trinajstić information content (AvgIpc) is 2.44. The van der Waals surface area contributed by atoms with E-state index in [0.717, 1.165) is 11.6 Å². The highest BCUT2D eigenvalue weighted by molar-refractivity contribution is 7.91. The Kier molecular flexibility index (Phi) is 4.31. The molecule has 0 heterocycles. The van der Waals surface area contributed by atoms with E-state index in [9.17, 15) is 12.8 Å². The van der Waals surface area contributed by atoms with Crippen molar-refractivity contribution in [1.82, 2.24) is 0 Å². The number of halogens is 2. The van der Waals surface area contributed by atoms with Gasteiger partial charge in [-0.3, -0.25) is 0 Å². The van der Waals surface area contributed by atoms with E-state index in [1.54, 1.807) is 12.1 Å². The van der Waals surface area contributed by atoms with Gasteiger partial charge in [-0.15, -0.1) is 0 Å². The summed E-state index contributed by atoms with van der Waals surface area (Å²) < 4.78 is 38.3. The lowest BCUT2D eigenvalue weighted by Gasteiger charge is -2.06. The summed E-state index contributed by atoms with van der Waals surface area (Å²) in [5.41, 5.74) is 1.14. The Bertz CT molecular complexity index is 811. The summed E-state index contributed by atoms with van der Waals surface area (Å²) in [6, 6.07) is 9.91. The molecule has 2 aromatic carbocycles. The van der Waals surface area contributed by atoms with Gasteiger partial charge in [0.15, 0.2) is 0 Å². The molecule has 108 valence electrons. The highest BCUT2D eigenvalue weighted by atomic mass is 35.5. The van der Waals surface area contributed by atoms with Crippen molar-refractivity contribution in [3.63, 3.8) is 0 Å². The zero-order valence-electron chi connectivity index (χ0n) is 11.1. The van der Waals surface area contributed by atoms with E-state index in [1.165, 1.54) is 24.3 Å². The molecular weight excluding hydrogens is 313 g/mol. The van der Waals surface area contributed by atoms with Gasteiger partial charge in [-0.25, -0.2) is 12.8 Å². The summed E-state index contributed by atoms with van der Waals surface area (Å²) >= 11 is 5.68. The lowest BCUT2D eigenvalue weighted by atomic mass is 10.2. The zero-order valence-corrected chi connectivity index (χ0v) is 12.7. The van der Waals surface area contributed by atoms with Gasteiger partial charge in [0.1, 0.15) is 5.82 Å². The van der Waals surface area contributed by atoms with Crippen LogP contribution < -0.4 is 0 Å². The fraction of sp³-hybridized carbons (Fsp3) is 0.133. The van der Waals surface area contributed by atoms with Crippen molar-refractivity contribution in [2.75, 3.05) is 0 Å². The molecule has 2 rings (SSSR count). The van der Waals surface area contributed by atoms with Crippen molar-refractivity contribution in [3.05, 3.63) is 69.3 Å². The highest BCUT2D eigenvalue weighted by Gasteiger charge is 2.37. The fourth-order valence-electron chi connectivity index (χ4n) is 1.87. The SMILES string of the molecule is C#[N+]C(c1ccc(F)c(Cl)c1)S(=O)(=O)c1ccc(C)cc1. The van der Waals surface area contributed by atoms with Crippen LogP contribution >= 0.6 is 11.6 Å². The van der Waals surface area contributed by atoms with Crippen LogP contribution in [0.2, 0.25) is 5.02 Å². The third-order valence-electron chi connectivity index (χ3n) is 3.01. The molecule has 1 atom stereocenters. The van der Waals surface area contributed by atoms with Gasteiger partial charge in [0.25, 0.3) is 16.4 Å². The molecule has 0 spiro atoms. The number of hydrogen-bond acceptors (Lipinski definition) is 2. The van der Waals surface area contributed by atoms with Crippen LogP contribution in [-0.4, -0.2) is 8.42 Å². The van der Waals surface area contributed by atoms with Crippen molar-refractivity contribution in [2.45, 2.75) is 17.2 Å². The molecule has 0 aliphatic carbocycles. The van der Waals surface area contributed by atoms with Crippen LogP contribution in [0.3, 0.4) is 0 Å². The Balaban J connectivity index is 2.52. The molecule has 0 aliphatic rings. The average molecular weight is 325 g/mol. The van der Waals surface area contributed by atoms with E-state index in [1.807, 2.05) is 6.92 Å². The van der Waals surface area contributed by atoms with E-state index < -0.39 is 21.0 Å². The van der Waals surface area contributed by atoms with Crippen LogP contribution in [0.15, 0.2) is 47.4 Å². The monoisotopic (exact) mass is 324 g/mol. The highest BCUT2D eigenvalue weighted by Crippen LogP contribution is 2.32. The van der Waals surface area contributed by atoms with Crippen LogP contribution in [0.5, 0.6) is 0 Å². The number of rotatable bonds is 3. The van der Waals surface area contributed by atoms with Crippen LogP contribution in [0.4, 0.5) is 4.39 Å². The topological polar surface area (TPSA) is 38.5 Å². The third-order valence-corrected chi connectivity index (χ3v) is 5.21. The predicted octanol–water partition coefficient (Wildman–Crippen LogP) is 4.22. The van der Waals surface area contributed by atoms with Crippen LogP contribution in [0, 0.1) is 19.3 Å². The maximum absolute atomic E-state index is 13.2. The lowest BCUT2D eigenvalue weighted by molar-refractivity contribution is 0.589. The Morgan fingerprint density at radius 2 is 1.81 bits per heavy atom. The molecule has 0 N–H and O–H groups in total. The summed E-state index contributed by atoms with van der Waals surface area (Å²) in [7, 11) is -3.82. The molecule has 3 nitrogen and oxygen atoms in total. The molecule has 0 saturated heterocycles. The molecule has 0 bridgehead atoms. The second-order valence-corrected chi connectivity index (χ2v) is 6.95. The predicted molar refractivity (Wildman–Crippen MR) is 80.8 cm³/mol. The number of aryl methyl sites for hydroxylation is 1. The molecule has 0 saturated carbocycles. The maximum Gasteiger partial charge on any atom is 0.398 e. The first-order valence-electron chi connectivity index (χ1n) is 6.02. The van der Waals surface area contributed by atoms with Crippen LogP contribution in [0.25, 0.3) is 4.85 Å². The van der Waals surface area contributed by atoms with Gasteiger partial charge in [-0.2, -0.15) is 0 Å². The van der Waals surface area contributed by atoms with Gasteiger partial charge in [-0.05, 0) is 37.3 Å². The van der Waals surface area contributed by atoms with Gasteiger partial charge >= 0.3 is 5.37 Å². The molecule has 2 aromatic rings. The summed E-state index contributed by atoms with van der Waals surface area (Å²) in [5, 5.41) is -1.52. The first-order chi connectivity index (χ1) is 9.86. The number of hydrogen-bond donors (Lipinski definition) is 0. The van der Waals surface area contributed by atoms with Crippen molar-refractivity contribution in [1.29, 1.82) is 0 Å². The Hall–Kier alpha value is -1.90. The van der Waals surface area contributed by atoms with Crippen molar-refractivity contribution in [3.8, 4) is 6.57 Å². The normalized spacial score (nSPS) is 12.7. The van der Waals surface area contributed by atoms with E-state index in [2.05, 4.69) is 4.85 Å². The Labute approximate surface area is 127 Å². The van der Waals surface area contributed by atoms with Crippen LogP contribution in [-0.2, 0) is 9.84 Å². The minimum atomic E-state index is -3.82. The van der Waals surface area contributed by atoms with E-state index in [4.69, 9.17) is 18.2 Å². The minimum Gasteiger partial charge on any atom is -0.215 e. The van der Waals surface area contributed by atoms with Crippen molar-refractivity contribution >= 4 is 21.4 Å². The smallest absolute Gasteiger partial charge is 0.215 e. The lowest BCUT2D eigenvalue weighted by Crippen LogP contribution is -2.11. The molecule has 0 aliphatic heterocycles. The zero-order chi connectivity index (χ0) is 15.6. The molecule has 0 amide bonds. The first-order valence-corrected chi connectivity index (χ1v) is 7.94. The fourth-order valence-corrected chi connectivity index (χ4v) is 3.50. The third kappa shape index (κ3) is 3.07.